The summed E-state index contributed by atoms with van der Waals surface area (Å²) in [4.78, 5) is 17.5. The van der Waals surface area contributed by atoms with Gasteiger partial charge in [-0.2, -0.15) is 0 Å². The summed E-state index contributed by atoms with van der Waals surface area (Å²) in [6.45, 7) is 3.85. The summed E-state index contributed by atoms with van der Waals surface area (Å²) in [6, 6.07) is 6.24. The van der Waals surface area contributed by atoms with Gasteiger partial charge in [-0.05, 0) is 87.8 Å². The van der Waals surface area contributed by atoms with Gasteiger partial charge in [0.2, 0.25) is 5.91 Å². The maximum absolute atomic E-state index is 13.5. The van der Waals surface area contributed by atoms with Crippen molar-refractivity contribution in [3.63, 3.8) is 0 Å². The first kappa shape index (κ1) is 20.7. The second-order valence-corrected chi connectivity index (χ2v) is 9.98. The molecule has 0 bridgehead atoms. The average Bonchev–Trinajstić information content (AvgIpc) is 3.68. The van der Waals surface area contributed by atoms with Gasteiger partial charge in [-0.15, -0.1) is 0 Å². The van der Waals surface area contributed by atoms with E-state index in [1.54, 1.807) is 12.1 Å². The summed E-state index contributed by atoms with van der Waals surface area (Å²) in [5.41, 5.74) is 6.63. The molecule has 1 aromatic carbocycles. The number of carbonyl (C=O) groups is 1. The zero-order valence-electron chi connectivity index (χ0n) is 18.3. The Labute approximate surface area is 183 Å². The van der Waals surface area contributed by atoms with E-state index in [1.807, 2.05) is 6.20 Å². The van der Waals surface area contributed by atoms with Crippen LogP contribution in [0.3, 0.4) is 0 Å². The highest BCUT2D eigenvalue weighted by molar-refractivity contribution is 5.87. The van der Waals surface area contributed by atoms with E-state index in [-0.39, 0.29) is 11.7 Å². The Balaban J connectivity index is 1.46. The van der Waals surface area contributed by atoms with Crippen molar-refractivity contribution in [2.45, 2.75) is 75.9 Å². The van der Waals surface area contributed by atoms with Crippen LogP contribution in [-0.4, -0.2) is 22.1 Å². The van der Waals surface area contributed by atoms with Crippen molar-refractivity contribution in [3.8, 4) is 0 Å². The Bertz CT molecular complexity index is 952. The molecule has 0 atom stereocenters. The van der Waals surface area contributed by atoms with Crippen molar-refractivity contribution >= 4 is 5.91 Å². The first-order valence-electron chi connectivity index (χ1n) is 11.6. The second-order valence-electron chi connectivity index (χ2n) is 9.98. The second kappa shape index (κ2) is 7.73. The normalized spacial score (nSPS) is 28.6. The fourth-order valence-corrected chi connectivity index (χ4v) is 5.13. The van der Waals surface area contributed by atoms with Gasteiger partial charge in [-0.1, -0.05) is 12.1 Å². The minimum atomic E-state index is -0.789. The molecule has 0 radical (unpaired) electrons. The third-order valence-corrected chi connectivity index (χ3v) is 7.67. The van der Waals surface area contributed by atoms with Gasteiger partial charge in [0.1, 0.15) is 17.2 Å². The molecule has 31 heavy (non-hydrogen) atoms. The number of halogens is 1. The number of aryl methyl sites for hydroxylation is 1. The third-order valence-electron chi connectivity index (χ3n) is 7.67. The molecule has 3 saturated carbocycles. The Morgan fingerprint density at radius 3 is 2.35 bits per heavy atom. The van der Waals surface area contributed by atoms with Crippen LogP contribution in [0.2, 0.25) is 0 Å². The van der Waals surface area contributed by atoms with E-state index in [9.17, 15) is 9.18 Å². The summed E-state index contributed by atoms with van der Waals surface area (Å²) < 4.78 is 22.5. The van der Waals surface area contributed by atoms with Gasteiger partial charge < -0.3 is 15.0 Å². The van der Waals surface area contributed by atoms with Crippen molar-refractivity contribution < 1.29 is 13.9 Å². The topological polar surface area (TPSA) is 70.1 Å². The standard InChI is InChI=1S/C25H32FN3O2/c1-17-14-28-23(29(17)15-18-2-3-18)25(31-16-19-4-5-19)12-10-24(11-13-25,22(27)30)20-6-8-21(26)9-7-20/h6-9,14,18-19H,2-5,10-13,15-16H2,1H3,(H2,27,30)/t24-,25-. The largest absolute Gasteiger partial charge is 0.369 e. The number of nitrogens with zero attached hydrogens (tertiary/aromatic N) is 2. The summed E-state index contributed by atoms with van der Waals surface area (Å²) in [6.07, 6.45) is 9.49. The quantitative estimate of drug-likeness (QED) is 0.683. The van der Waals surface area contributed by atoms with Crippen molar-refractivity contribution in [1.29, 1.82) is 0 Å². The fourth-order valence-electron chi connectivity index (χ4n) is 5.13. The third kappa shape index (κ3) is 3.91. The number of hydrogen-bond acceptors (Lipinski definition) is 3. The molecule has 1 heterocycles. The number of primary amides is 1. The van der Waals surface area contributed by atoms with Gasteiger partial charge in [0.15, 0.2) is 0 Å². The lowest BCUT2D eigenvalue weighted by Gasteiger charge is -2.45. The number of aromatic nitrogens is 2. The van der Waals surface area contributed by atoms with Gasteiger partial charge in [-0.3, -0.25) is 4.79 Å². The number of imidazole rings is 1. The average molecular weight is 426 g/mol. The van der Waals surface area contributed by atoms with E-state index in [0.29, 0.717) is 31.6 Å². The molecule has 3 fully saturated rings. The minimum absolute atomic E-state index is 0.307. The molecule has 5 rings (SSSR count). The number of ether oxygens (including phenoxy) is 1. The molecule has 3 aliphatic carbocycles. The molecule has 2 N–H and O–H groups in total. The summed E-state index contributed by atoms with van der Waals surface area (Å²) in [5, 5.41) is 0. The van der Waals surface area contributed by atoms with Crippen LogP contribution in [0.5, 0.6) is 0 Å². The van der Waals surface area contributed by atoms with Crippen LogP contribution < -0.4 is 5.73 Å². The first-order valence-corrected chi connectivity index (χ1v) is 11.6. The number of hydrogen-bond donors (Lipinski definition) is 1. The molecule has 0 unspecified atom stereocenters. The molecular formula is C25H32FN3O2. The highest BCUT2D eigenvalue weighted by Gasteiger charge is 2.51. The lowest BCUT2D eigenvalue weighted by molar-refractivity contribution is -0.133. The summed E-state index contributed by atoms with van der Waals surface area (Å²) >= 11 is 0. The van der Waals surface area contributed by atoms with E-state index in [0.717, 1.165) is 30.5 Å². The van der Waals surface area contributed by atoms with Crippen LogP contribution in [-0.2, 0) is 27.1 Å². The van der Waals surface area contributed by atoms with Crippen molar-refractivity contribution in [1.82, 2.24) is 9.55 Å². The SMILES string of the molecule is Cc1cnc([C@]2(OCC3CC3)CC[C@@](C(N)=O)(c3ccc(F)cc3)CC2)n1CC1CC1. The van der Waals surface area contributed by atoms with Gasteiger partial charge in [-0.25, -0.2) is 9.37 Å². The Morgan fingerprint density at radius 2 is 1.77 bits per heavy atom. The van der Waals surface area contributed by atoms with E-state index in [2.05, 4.69) is 11.5 Å². The number of benzene rings is 1. The van der Waals surface area contributed by atoms with E-state index >= 15 is 0 Å². The van der Waals surface area contributed by atoms with Crippen LogP contribution in [0.4, 0.5) is 4.39 Å². The van der Waals surface area contributed by atoms with E-state index in [1.165, 1.54) is 43.5 Å². The van der Waals surface area contributed by atoms with Crippen molar-refractivity contribution in [2.24, 2.45) is 17.6 Å². The van der Waals surface area contributed by atoms with Crippen LogP contribution in [0.25, 0.3) is 0 Å². The monoisotopic (exact) mass is 425 g/mol. The smallest absolute Gasteiger partial charge is 0.228 e. The predicted molar refractivity (Wildman–Crippen MR) is 116 cm³/mol. The Hall–Kier alpha value is -2.21. The molecule has 5 nitrogen and oxygen atoms in total. The zero-order valence-corrected chi connectivity index (χ0v) is 18.3. The summed E-state index contributed by atoms with van der Waals surface area (Å²) in [5.74, 6) is 1.74. The van der Waals surface area contributed by atoms with Gasteiger partial charge in [0.25, 0.3) is 0 Å². The Morgan fingerprint density at radius 1 is 1.13 bits per heavy atom. The first-order chi connectivity index (χ1) is 14.9. The molecule has 166 valence electrons. The lowest BCUT2D eigenvalue weighted by Crippen LogP contribution is -2.49. The number of amides is 1. The van der Waals surface area contributed by atoms with Crippen LogP contribution in [0, 0.1) is 24.6 Å². The van der Waals surface area contributed by atoms with E-state index in [4.69, 9.17) is 15.5 Å². The highest BCUT2D eigenvalue weighted by Crippen LogP contribution is 2.50. The number of nitrogens with two attached hydrogens (primary N) is 1. The maximum atomic E-state index is 13.5. The number of rotatable bonds is 8. The minimum Gasteiger partial charge on any atom is -0.369 e. The predicted octanol–water partition coefficient (Wildman–Crippen LogP) is 4.36. The molecule has 0 spiro atoms. The highest BCUT2D eigenvalue weighted by atomic mass is 19.1. The van der Waals surface area contributed by atoms with E-state index < -0.39 is 11.0 Å². The van der Waals surface area contributed by atoms with Crippen molar-refractivity contribution in [3.05, 3.63) is 53.4 Å². The molecule has 0 saturated heterocycles. The molecule has 3 aliphatic rings. The fraction of sp³-hybridized carbons (Fsp3) is 0.600. The lowest BCUT2D eigenvalue weighted by atomic mass is 9.64. The molecular weight excluding hydrogens is 393 g/mol. The van der Waals surface area contributed by atoms with Crippen LogP contribution in [0.1, 0.15) is 68.4 Å². The number of carbonyl (C=O) groups excluding carboxylic acids is 1. The Kier molecular flexibility index (Phi) is 5.16. The van der Waals surface area contributed by atoms with Crippen LogP contribution >= 0.6 is 0 Å². The molecule has 1 amide bonds. The molecule has 6 heteroatoms. The van der Waals surface area contributed by atoms with Crippen LogP contribution in [0.15, 0.2) is 30.5 Å². The van der Waals surface area contributed by atoms with Crippen molar-refractivity contribution in [2.75, 3.05) is 6.61 Å². The van der Waals surface area contributed by atoms with Gasteiger partial charge in [0.05, 0.1) is 12.0 Å². The molecule has 2 aromatic rings. The van der Waals surface area contributed by atoms with Gasteiger partial charge in [0, 0.05) is 18.4 Å². The maximum Gasteiger partial charge on any atom is 0.228 e. The molecule has 1 aromatic heterocycles. The van der Waals surface area contributed by atoms with Gasteiger partial charge >= 0.3 is 0 Å². The molecule has 0 aliphatic heterocycles. The summed E-state index contributed by atoms with van der Waals surface area (Å²) in [7, 11) is 0. The zero-order chi connectivity index (χ0) is 21.6.